The van der Waals surface area contributed by atoms with Gasteiger partial charge in [0.25, 0.3) is 16.6 Å². The topological polar surface area (TPSA) is 18.5 Å². The van der Waals surface area contributed by atoms with Crippen LogP contribution in [0.1, 0.15) is 83.1 Å². The molecule has 0 amide bonds. The SMILES string of the molecule is C=C[Si](C=CC(C)(C)C)(OO[Si](C=C)(C=CC(C)(C)C)C(C)(C)C)C(C)(C)C. The van der Waals surface area contributed by atoms with E-state index >= 15 is 0 Å². The molecule has 0 heterocycles. The molecule has 0 aromatic rings. The molecule has 0 aromatic carbocycles. The molecule has 0 fully saturated rings. The van der Waals surface area contributed by atoms with Crippen molar-refractivity contribution in [3.05, 3.63) is 48.1 Å². The monoisotopic (exact) mass is 422 g/mol. The summed E-state index contributed by atoms with van der Waals surface area (Å²) in [5.41, 5.74) is 8.59. The summed E-state index contributed by atoms with van der Waals surface area (Å²) in [5, 5.41) is -0.188. The molecule has 0 aliphatic carbocycles. The van der Waals surface area contributed by atoms with E-state index in [1.165, 1.54) is 0 Å². The van der Waals surface area contributed by atoms with E-state index in [0.717, 1.165) is 0 Å². The maximum atomic E-state index is 6.46. The van der Waals surface area contributed by atoms with Crippen LogP contribution in [0.5, 0.6) is 0 Å². The highest BCUT2D eigenvalue weighted by molar-refractivity contribution is 6.88. The largest absolute Gasteiger partial charge is 0.289 e. The van der Waals surface area contributed by atoms with Gasteiger partial charge in [-0.25, -0.2) is 0 Å². The summed E-state index contributed by atoms with van der Waals surface area (Å²) in [7, 11) is -5.09. The lowest BCUT2D eigenvalue weighted by atomic mass is 9.98. The molecule has 0 spiro atoms. The van der Waals surface area contributed by atoms with E-state index in [-0.39, 0.29) is 20.9 Å². The fraction of sp³-hybridized carbons (Fsp3) is 0.667. The zero-order valence-electron chi connectivity index (χ0n) is 20.7. The zero-order chi connectivity index (χ0) is 22.7. The molecule has 0 bridgehead atoms. The Morgan fingerprint density at radius 1 is 0.536 bits per heavy atom. The predicted molar refractivity (Wildman–Crippen MR) is 131 cm³/mol. The average Bonchev–Trinajstić information content (AvgIpc) is 2.46. The highest BCUT2D eigenvalue weighted by Crippen LogP contribution is 2.44. The first-order chi connectivity index (χ1) is 12.2. The van der Waals surface area contributed by atoms with E-state index in [2.05, 4.69) is 120 Å². The van der Waals surface area contributed by atoms with Crippen LogP contribution in [0.15, 0.2) is 48.1 Å². The van der Waals surface area contributed by atoms with Gasteiger partial charge in [0.1, 0.15) is 0 Å². The summed E-state index contributed by atoms with van der Waals surface area (Å²) < 4.78 is 12.9. The van der Waals surface area contributed by atoms with Crippen molar-refractivity contribution in [1.29, 1.82) is 0 Å². The molecule has 2 unspecified atom stereocenters. The van der Waals surface area contributed by atoms with Crippen molar-refractivity contribution in [2.24, 2.45) is 10.8 Å². The first kappa shape index (κ1) is 27.3. The average molecular weight is 423 g/mol. The molecule has 4 heteroatoms. The third-order valence-corrected chi connectivity index (χ3v) is 13.0. The van der Waals surface area contributed by atoms with E-state index < -0.39 is 16.6 Å². The molecule has 0 N–H and O–H groups in total. The van der Waals surface area contributed by atoms with Crippen molar-refractivity contribution in [2.75, 3.05) is 0 Å². The molecule has 0 rings (SSSR count). The molecule has 162 valence electrons. The van der Waals surface area contributed by atoms with E-state index in [9.17, 15) is 0 Å². The molecule has 0 saturated heterocycles. The van der Waals surface area contributed by atoms with Gasteiger partial charge in [0, 0.05) is 0 Å². The van der Waals surface area contributed by atoms with Crippen LogP contribution in [0.2, 0.25) is 10.1 Å². The van der Waals surface area contributed by atoms with Crippen LogP contribution >= 0.6 is 0 Å². The number of hydrogen-bond donors (Lipinski definition) is 0. The van der Waals surface area contributed by atoms with Crippen LogP contribution < -0.4 is 0 Å². The maximum Gasteiger partial charge on any atom is 0.289 e. The quantitative estimate of drug-likeness (QED) is 0.234. The highest BCUT2D eigenvalue weighted by Gasteiger charge is 2.50. The van der Waals surface area contributed by atoms with Crippen molar-refractivity contribution in [2.45, 2.75) is 93.2 Å². The number of rotatable bonds is 7. The predicted octanol–water partition coefficient (Wildman–Crippen LogP) is 8.16. The minimum absolute atomic E-state index is 0.0684. The third-order valence-electron chi connectivity index (χ3n) is 4.93. The highest BCUT2D eigenvalue weighted by atomic mass is 28.4. The molecule has 0 saturated carbocycles. The molecular formula is C24H46O2Si2. The van der Waals surface area contributed by atoms with Gasteiger partial charge in [0.15, 0.2) is 0 Å². The fourth-order valence-electron chi connectivity index (χ4n) is 2.51. The van der Waals surface area contributed by atoms with Crippen molar-refractivity contribution in [3.63, 3.8) is 0 Å². The van der Waals surface area contributed by atoms with Crippen LogP contribution in [0.3, 0.4) is 0 Å². The Morgan fingerprint density at radius 3 is 0.929 bits per heavy atom. The lowest BCUT2D eigenvalue weighted by molar-refractivity contribution is -0.127. The standard InChI is InChI=1S/C24H46O2Si2/c1-15-27(23(9,10)11,19-17-21(3,4)5)25-26-28(16-2,24(12,13)14)20-18-22(6,7)8/h15-20H,1-2H2,3-14H3. The Hall–Kier alpha value is -0.686. The minimum Gasteiger partial charge on any atom is -0.286 e. The van der Waals surface area contributed by atoms with Crippen molar-refractivity contribution in [1.82, 2.24) is 0 Å². The van der Waals surface area contributed by atoms with Crippen LogP contribution in [-0.2, 0) is 9.15 Å². The smallest absolute Gasteiger partial charge is 0.286 e. The summed E-state index contributed by atoms with van der Waals surface area (Å²) >= 11 is 0. The van der Waals surface area contributed by atoms with E-state index in [0.29, 0.717) is 0 Å². The van der Waals surface area contributed by atoms with Crippen LogP contribution in [0.25, 0.3) is 0 Å². The lowest BCUT2D eigenvalue weighted by Crippen LogP contribution is -2.51. The normalized spacial score (nSPS) is 18.9. The van der Waals surface area contributed by atoms with Gasteiger partial charge in [-0.2, -0.15) is 0 Å². The molecular weight excluding hydrogens is 376 g/mol. The van der Waals surface area contributed by atoms with Gasteiger partial charge < -0.3 is 0 Å². The second-order valence-corrected chi connectivity index (χ2v) is 20.0. The van der Waals surface area contributed by atoms with Gasteiger partial charge in [-0.3, -0.25) is 9.15 Å². The summed E-state index contributed by atoms with van der Waals surface area (Å²) in [6.07, 6.45) is 4.46. The zero-order valence-corrected chi connectivity index (χ0v) is 22.7. The Bertz CT molecular complexity index is 538. The van der Waals surface area contributed by atoms with E-state index in [1.54, 1.807) is 0 Å². The van der Waals surface area contributed by atoms with E-state index in [1.807, 2.05) is 11.4 Å². The molecule has 2 nitrogen and oxygen atoms in total. The summed E-state index contributed by atoms with van der Waals surface area (Å²) in [6.45, 7) is 34.7. The fourth-order valence-corrected chi connectivity index (χ4v) is 8.35. The molecule has 0 aliphatic rings. The summed E-state index contributed by atoms with van der Waals surface area (Å²) in [6, 6.07) is 0. The van der Waals surface area contributed by atoms with Gasteiger partial charge in [-0.05, 0) is 20.9 Å². The van der Waals surface area contributed by atoms with Gasteiger partial charge >= 0.3 is 0 Å². The molecule has 0 aromatic heterocycles. The summed E-state index contributed by atoms with van der Waals surface area (Å²) in [4.78, 5) is 0. The van der Waals surface area contributed by atoms with Crippen molar-refractivity contribution >= 4 is 16.6 Å². The van der Waals surface area contributed by atoms with Crippen molar-refractivity contribution < 1.29 is 9.15 Å². The molecule has 0 aliphatic heterocycles. The molecule has 2 atom stereocenters. The van der Waals surface area contributed by atoms with Crippen LogP contribution in [-0.4, -0.2) is 16.6 Å². The van der Waals surface area contributed by atoms with Gasteiger partial charge in [-0.1, -0.05) is 118 Å². The Labute approximate surface area is 178 Å². The second-order valence-electron chi connectivity index (χ2n) is 12.1. The van der Waals surface area contributed by atoms with E-state index in [4.69, 9.17) is 9.15 Å². The second kappa shape index (κ2) is 8.99. The number of allylic oxidation sites excluding steroid dienone is 2. The Morgan fingerprint density at radius 2 is 0.786 bits per heavy atom. The molecule has 0 radical (unpaired) electrons. The van der Waals surface area contributed by atoms with Gasteiger partial charge in [0.05, 0.1) is 0 Å². The Kier molecular flexibility index (Phi) is 8.77. The Balaban J connectivity index is 6.23. The van der Waals surface area contributed by atoms with Gasteiger partial charge in [-0.15, -0.1) is 13.2 Å². The first-order valence-corrected chi connectivity index (χ1v) is 14.4. The summed E-state index contributed by atoms with van der Waals surface area (Å²) in [5.74, 6) is 0. The van der Waals surface area contributed by atoms with Crippen LogP contribution in [0.4, 0.5) is 0 Å². The number of hydrogen-bond acceptors (Lipinski definition) is 2. The van der Waals surface area contributed by atoms with Crippen LogP contribution in [0, 0.1) is 10.8 Å². The minimum atomic E-state index is -2.55. The van der Waals surface area contributed by atoms with Gasteiger partial charge in [0.2, 0.25) is 0 Å². The maximum absolute atomic E-state index is 6.46. The third kappa shape index (κ3) is 7.62. The van der Waals surface area contributed by atoms with Crippen molar-refractivity contribution in [3.8, 4) is 0 Å². The molecule has 28 heavy (non-hydrogen) atoms. The lowest BCUT2D eigenvalue weighted by Gasteiger charge is -2.42. The first-order valence-electron chi connectivity index (χ1n) is 10.3.